The molecule has 1 aliphatic carbocycles. The zero-order chi connectivity index (χ0) is 19.5. The van der Waals surface area contributed by atoms with Gasteiger partial charge in [0.2, 0.25) is 0 Å². The van der Waals surface area contributed by atoms with E-state index in [1.165, 1.54) is 55.9 Å². The van der Waals surface area contributed by atoms with Gasteiger partial charge in [-0.2, -0.15) is 0 Å². The molecule has 1 fully saturated rings. The maximum atomic E-state index is 11.9. The summed E-state index contributed by atoms with van der Waals surface area (Å²) in [6, 6.07) is 11.7. The quantitative estimate of drug-likeness (QED) is 0.635. The molecule has 5 nitrogen and oxygen atoms in total. The normalized spacial score (nSPS) is 14.9. The minimum Gasteiger partial charge on any atom is -0.497 e. The zero-order valence-electron chi connectivity index (χ0n) is 16.5. The van der Waals surface area contributed by atoms with Crippen LogP contribution < -0.4 is 4.74 Å². The second-order valence-corrected chi connectivity index (χ2v) is 7.45. The molecule has 0 bridgehead atoms. The van der Waals surface area contributed by atoms with Crippen LogP contribution >= 0.6 is 0 Å². The van der Waals surface area contributed by atoms with Gasteiger partial charge in [0.05, 0.1) is 14.2 Å². The first-order valence-corrected chi connectivity index (χ1v) is 9.92. The Morgan fingerprint density at radius 3 is 2.71 bits per heavy atom. The SMILES string of the molecule is COC(=O)c1cccc(Cc2c(C3CCCCC3)[nH]c3cc(OC)ccc23)n1. The minimum atomic E-state index is -0.405. The number of nitrogens with one attached hydrogen (secondary N) is 1. The smallest absolute Gasteiger partial charge is 0.356 e. The molecule has 1 aliphatic rings. The fourth-order valence-corrected chi connectivity index (χ4v) is 4.29. The molecule has 2 aromatic heterocycles. The summed E-state index contributed by atoms with van der Waals surface area (Å²) >= 11 is 0. The lowest BCUT2D eigenvalue weighted by atomic mass is 9.84. The lowest BCUT2D eigenvalue weighted by Gasteiger charge is -2.22. The van der Waals surface area contributed by atoms with Crippen LogP contribution in [0.2, 0.25) is 0 Å². The van der Waals surface area contributed by atoms with E-state index in [2.05, 4.69) is 22.1 Å². The summed E-state index contributed by atoms with van der Waals surface area (Å²) < 4.78 is 10.2. The molecule has 2 heterocycles. The average Bonchev–Trinajstić information content (AvgIpc) is 3.11. The first kappa shape index (κ1) is 18.5. The molecule has 3 aromatic rings. The second-order valence-electron chi connectivity index (χ2n) is 7.45. The molecule has 0 spiro atoms. The third-order valence-corrected chi connectivity index (χ3v) is 5.72. The summed E-state index contributed by atoms with van der Waals surface area (Å²) in [5.74, 6) is 0.991. The second kappa shape index (κ2) is 8.05. The molecule has 0 radical (unpaired) electrons. The van der Waals surface area contributed by atoms with Gasteiger partial charge in [-0.05, 0) is 48.6 Å². The number of benzene rings is 1. The number of H-pyrrole nitrogens is 1. The predicted octanol–water partition coefficient (Wildman–Crippen LogP) is 5.00. The van der Waals surface area contributed by atoms with Crippen molar-refractivity contribution >= 4 is 16.9 Å². The Hall–Kier alpha value is -2.82. The van der Waals surface area contributed by atoms with Crippen LogP contribution in [0.15, 0.2) is 36.4 Å². The molecule has 28 heavy (non-hydrogen) atoms. The highest BCUT2D eigenvalue weighted by atomic mass is 16.5. The molecule has 0 aliphatic heterocycles. The summed E-state index contributed by atoms with van der Waals surface area (Å²) in [7, 11) is 3.07. The third-order valence-electron chi connectivity index (χ3n) is 5.72. The molecule has 0 atom stereocenters. The Bertz CT molecular complexity index is 987. The Morgan fingerprint density at radius 1 is 1.14 bits per heavy atom. The maximum absolute atomic E-state index is 11.9. The molecule has 1 saturated carbocycles. The number of methoxy groups -OCH3 is 2. The summed E-state index contributed by atoms with van der Waals surface area (Å²) in [6.45, 7) is 0. The van der Waals surface area contributed by atoms with E-state index in [0.717, 1.165) is 17.0 Å². The molecule has 4 rings (SSSR count). The van der Waals surface area contributed by atoms with E-state index in [9.17, 15) is 4.79 Å². The highest BCUT2D eigenvalue weighted by Gasteiger charge is 2.23. The lowest BCUT2D eigenvalue weighted by molar-refractivity contribution is 0.0593. The lowest BCUT2D eigenvalue weighted by Crippen LogP contribution is -2.09. The van der Waals surface area contributed by atoms with Gasteiger partial charge in [0.1, 0.15) is 11.4 Å². The number of ether oxygens (including phenoxy) is 2. The number of esters is 1. The number of carbonyl (C=O) groups is 1. The van der Waals surface area contributed by atoms with Crippen LogP contribution in [0.4, 0.5) is 0 Å². The molecular formula is C23H26N2O3. The van der Waals surface area contributed by atoms with Crippen molar-refractivity contribution in [3.63, 3.8) is 0 Å². The average molecular weight is 378 g/mol. The van der Waals surface area contributed by atoms with Gasteiger partial charge in [-0.25, -0.2) is 9.78 Å². The number of pyridine rings is 1. The van der Waals surface area contributed by atoms with Gasteiger partial charge in [-0.15, -0.1) is 0 Å². The maximum Gasteiger partial charge on any atom is 0.356 e. The van der Waals surface area contributed by atoms with E-state index in [1.54, 1.807) is 13.2 Å². The molecule has 5 heteroatoms. The molecular weight excluding hydrogens is 352 g/mol. The number of hydrogen-bond donors (Lipinski definition) is 1. The molecule has 0 saturated heterocycles. The topological polar surface area (TPSA) is 64.2 Å². The van der Waals surface area contributed by atoms with Crippen LogP contribution in [0, 0.1) is 0 Å². The third kappa shape index (κ3) is 3.61. The Morgan fingerprint density at radius 2 is 1.96 bits per heavy atom. The van der Waals surface area contributed by atoms with Crippen LogP contribution in [0.3, 0.4) is 0 Å². The van der Waals surface area contributed by atoms with E-state index in [-0.39, 0.29) is 0 Å². The minimum absolute atomic E-state index is 0.348. The molecule has 1 aromatic carbocycles. The van der Waals surface area contributed by atoms with Crippen molar-refractivity contribution in [2.24, 2.45) is 0 Å². The summed E-state index contributed by atoms with van der Waals surface area (Å²) in [5.41, 5.74) is 4.91. The number of nitrogens with zero attached hydrogens (tertiary/aromatic N) is 1. The van der Waals surface area contributed by atoms with Gasteiger partial charge in [0.15, 0.2) is 0 Å². The first-order chi connectivity index (χ1) is 13.7. The standard InChI is InChI=1S/C23H26N2O3/c1-27-17-11-12-18-19(13-16-9-6-10-20(24-16)23(26)28-2)22(25-21(18)14-17)15-7-4-3-5-8-15/h6,9-12,14-15,25H,3-5,7-8,13H2,1-2H3. The summed E-state index contributed by atoms with van der Waals surface area (Å²) in [6.07, 6.45) is 6.99. The van der Waals surface area contributed by atoms with Gasteiger partial charge in [-0.1, -0.05) is 25.3 Å². The highest BCUT2D eigenvalue weighted by Crippen LogP contribution is 2.38. The van der Waals surface area contributed by atoms with Crippen LogP contribution in [-0.2, 0) is 11.2 Å². The van der Waals surface area contributed by atoms with E-state index in [1.807, 2.05) is 18.2 Å². The molecule has 0 amide bonds. The summed E-state index contributed by atoms with van der Waals surface area (Å²) in [5, 5.41) is 1.20. The van der Waals surface area contributed by atoms with Crippen LogP contribution in [0.25, 0.3) is 10.9 Å². The number of hydrogen-bond acceptors (Lipinski definition) is 4. The number of aromatic amines is 1. The van der Waals surface area contributed by atoms with Gasteiger partial charge >= 0.3 is 5.97 Å². The fourth-order valence-electron chi connectivity index (χ4n) is 4.29. The van der Waals surface area contributed by atoms with Crippen LogP contribution in [0.5, 0.6) is 5.75 Å². The number of aromatic nitrogens is 2. The molecule has 0 unspecified atom stereocenters. The monoisotopic (exact) mass is 378 g/mol. The number of rotatable bonds is 5. The van der Waals surface area contributed by atoms with Gasteiger partial charge in [0, 0.05) is 34.8 Å². The Labute approximate surface area is 165 Å². The van der Waals surface area contributed by atoms with Gasteiger partial charge in [0.25, 0.3) is 0 Å². The van der Waals surface area contributed by atoms with E-state index < -0.39 is 5.97 Å². The van der Waals surface area contributed by atoms with Crippen LogP contribution in [-0.4, -0.2) is 30.2 Å². The number of carbonyl (C=O) groups excluding carboxylic acids is 1. The Balaban J connectivity index is 1.76. The van der Waals surface area contributed by atoms with Crippen molar-refractivity contribution in [1.29, 1.82) is 0 Å². The van der Waals surface area contributed by atoms with Gasteiger partial charge in [-0.3, -0.25) is 0 Å². The van der Waals surface area contributed by atoms with Crippen molar-refractivity contribution in [3.8, 4) is 5.75 Å². The fraction of sp³-hybridized carbons (Fsp3) is 0.391. The Kier molecular flexibility index (Phi) is 5.33. The van der Waals surface area contributed by atoms with Gasteiger partial charge < -0.3 is 14.5 Å². The molecule has 146 valence electrons. The van der Waals surface area contributed by atoms with E-state index in [4.69, 9.17) is 9.47 Å². The van der Waals surface area contributed by atoms with Crippen molar-refractivity contribution in [2.45, 2.75) is 44.4 Å². The van der Waals surface area contributed by atoms with E-state index in [0.29, 0.717) is 18.0 Å². The highest BCUT2D eigenvalue weighted by molar-refractivity contribution is 5.88. The predicted molar refractivity (Wildman–Crippen MR) is 109 cm³/mol. The summed E-state index contributed by atoms with van der Waals surface area (Å²) in [4.78, 5) is 20.1. The van der Waals surface area contributed by atoms with Crippen molar-refractivity contribution in [2.75, 3.05) is 14.2 Å². The van der Waals surface area contributed by atoms with Crippen molar-refractivity contribution in [1.82, 2.24) is 9.97 Å². The number of fused-ring (bicyclic) bond motifs is 1. The largest absolute Gasteiger partial charge is 0.497 e. The first-order valence-electron chi connectivity index (χ1n) is 9.92. The van der Waals surface area contributed by atoms with Crippen LogP contribution in [0.1, 0.15) is 65.5 Å². The van der Waals surface area contributed by atoms with Crippen molar-refractivity contribution < 1.29 is 14.3 Å². The van der Waals surface area contributed by atoms with Crippen molar-refractivity contribution in [3.05, 3.63) is 59.0 Å². The molecule has 1 N–H and O–H groups in total. The van der Waals surface area contributed by atoms with E-state index >= 15 is 0 Å². The zero-order valence-corrected chi connectivity index (χ0v) is 16.5.